The van der Waals surface area contributed by atoms with Gasteiger partial charge in [-0.1, -0.05) is 0 Å². The molecule has 0 aromatic carbocycles. The summed E-state index contributed by atoms with van der Waals surface area (Å²) < 4.78 is 8.53. The standard InChI is InChI=1S/C19H20N10O.H2/c1-21-18-12(11-20)14(29-8-4-6-23-29)10-15(25-18)24-16-9-13(27-28(16)2)19-22-7-5-17(26-19)30-3;/h4-11,20H,1-3H3,(H2,21,24,25);1H. The van der Waals surface area contributed by atoms with Gasteiger partial charge in [0.25, 0.3) is 0 Å². The fourth-order valence-corrected chi connectivity index (χ4v) is 2.94. The van der Waals surface area contributed by atoms with E-state index in [1.54, 1.807) is 42.0 Å². The van der Waals surface area contributed by atoms with Crippen molar-refractivity contribution in [3.8, 4) is 23.1 Å². The number of anilines is 3. The van der Waals surface area contributed by atoms with Crippen LogP contribution in [-0.2, 0) is 7.05 Å². The van der Waals surface area contributed by atoms with Crippen molar-refractivity contribution in [2.45, 2.75) is 0 Å². The Labute approximate surface area is 173 Å². The van der Waals surface area contributed by atoms with Gasteiger partial charge in [-0.2, -0.15) is 15.2 Å². The molecule has 0 unspecified atom stereocenters. The first-order valence-corrected chi connectivity index (χ1v) is 9.04. The fraction of sp³-hybridized carbons (Fsp3) is 0.158. The summed E-state index contributed by atoms with van der Waals surface area (Å²) in [5.74, 6) is 2.74. The molecule has 11 heteroatoms. The number of hydrogen-bond donors (Lipinski definition) is 3. The van der Waals surface area contributed by atoms with Crippen LogP contribution < -0.4 is 15.4 Å². The summed E-state index contributed by atoms with van der Waals surface area (Å²) in [6, 6.07) is 7.15. The number of nitrogens with one attached hydrogen (secondary N) is 3. The lowest BCUT2D eigenvalue weighted by molar-refractivity contribution is 0.397. The van der Waals surface area contributed by atoms with E-state index in [-0.39, 0.29) is 1.43 Å². The predicted octanol–water partition coefficient (Wildman–Crippen LogP) is 2.50. The molecular formula is C19H22N10O. The zero-order chi connectivity index (χ0) is 21.1. The monoisotopic (exact) mass is 406 g/mol. The molecule has 4 aromatic heterocycles. The van der Waals surface area contributed by atoms with Crippen LogP contribution in [0.3, 0.4) is 0 Å². The number of aryl methyl sites for hydroxylation is 1. The molecule has 11 nitrogen and oxygen atoms in total. The Kier molecular flexibility index (Phi) is 5.08. The maximum atomic E-state index is 7.78. The van der Waals surface area contributed by atoms with Crippen molar-refractivity contribution < 1.29 is 6.16 Å². The van der Waals surface area contributed by atoms with E-state index in [0.717, 1.165) is 5.69 Å². The Morgan fingerprint density at radius 2 is 2.10 bits per heavy atom. The Balaban J connectivity index is 0.00000272. The summed E-state index contributed by atoms with van der Waals surface area (Å²) in [6.07, 6.45) is 6.37. The van der Waals surface area contributed by atoms with E-state index in [4.69, 9.17) is 10.1 Å². The first-order valence-electron chi connectivity index (χ1n) is 9.04. The average Bonchev–Trinajstić information content (AvgIpc) is 3.43. The van der Waals surface area contributed by atoms with Crippen molar-refractivity contribution in [2.75, 3.05) is 24.8 Å². The van der Waals surface area contributed by atoms with Crippen molar-refractivity contribution in [2.24, 2.45) is 7.05 Å². The molecule has 3 N–H and O–H groups in total. The van der Waals surface area contributed by atoms with Crippen LogP contribution in [0.2, 0.25) is 0 Å². The van der Waals surface area contributed by atoms with Crippen LogP contribution in [0.1, 0.15) is 6.99 Å². The molecule has 0 saturated carbocycles. The third-order valence-electron chi connectivity index (χ3n) is 4.37. The minimum absolute atomic E-state index is 0. The van der Waals surface area contributed by atoms with Crippen molar-refractivity contribution in [3.63, 3.8) is 0 Å². The van der Waals surface area contributed by atoms with Crippen LogP contribution in [0.15, 0.2) is 42.9 Å². The molecule has 0 saturated heterocycles. The zero-order valence-electron chi connectivity index (χ0n) is 16.7. The SMILES string of the molecule is CNc1nc(Nc2cc(-c3nccc(OC)n3)nn2C)cc(-n2cccn2)c1C=N.[HH]. The minimum Gasteiger partial charge on any atom is -0.481 e. The first kappa shape index (κ1) is 19.1. The molecule has 0 aliphatic heterocycles. The Morgan fingerprint density at radius 3 is 2.80 bits per heavy atom. The molecule has 0 atom stereocenters. The van der Waals surface area contributed by atoms with E-state index in [2.05, 4.69) is 35.8 Å². The van der Waals surface area contributed by atoms with E-state index in [9.17, 15) is 0 Å². The summed E-state index contributed by atoms with van der Waals surface area (Å²) in [4.78, 5) is 13.2. The molecule has 30 heavy (non-hydrogen) atoms. The highest BCUT2D eigenvalue weighted by atomic mass is 16.5. The van der Waals surface area contributed by atoms with Crippen LogP contribution in [0.4, 0.5) is 17.5 Å². The molecular weight excluding hydrogens is 384 g/mol. The van der Waals surface area contributed by atoms with Crippen LogP contribution >= 0.6 is 0 Å². The molecule has 0 bridgehead atoms. The Hall–Kier alpha value is -4.28. The van der Waals surface area contributed by atoms with Gasteiger partial charge >= 0.3 is 0 Å². The van der Waals surface area contributed by atoms with E-state index in [1.165, 1.54) is 6.21 Å². The molecule has 4 heterocycles. The van der Waals surface area contributed by atoms with Gasteiger partial charge in [0, 0.05) is 58.5 Å². The molecule has 4 aromatic rings. The minimum atomic E-state index is 0. The summed E-state index contributed by atoms with van der Waals surface area (Å²) >= 11 is 0. The fourth-order valence-electron chi connectivity index (χ4n) is 2.94. The molecule has 0 aliphatic rings. The second-order valence-corrected chi connectivity index (χ2v) is 6.22. The maximum absolute atomic E-state index is 7.78. The lowest BCUT2D eigenvalue weighted by Gasteiger charge is -2.14. The van der Waals surface area contributed by atoms with Gasteiger partial charge in [0.05, 0.1) is 18.4 Å². The third-order valence-corrected chi connectivity index (χ3v) is 4.37. The number of rotatable bonds is 7. The average molecular weight is 406 g/mol. The molecule has 4 rings (SSSR count). The van der Waals surface area contributed by atoms with Gasteiger partial charge in [-0.3, -0.25) is 4.68 Å². The zero-order valence-corrected chi connectivity index (χ0v) is 16.7. The lowest BCUT2D eigenvalue weighted by Crippen LogP contribution is -2.09. The quantitative estimate of drug-likeness (QED) is 0.399. The van der Waals surface area contributed by atoms with Crippen LogP contribution in [0.25, 0.3) is 17.2 Å². The highest BCUT2D eigenvalue weighted by Crippen LogP contribution is 2.27. The second-order valence-electron chi connectivity index (χ2n) is 6.22. The number of hydrogen-bond acceptors (Lipinski definition) is 9. The van der Waals surface area contributed by atoms with E-state index in [1.807, 2.05) is 31.4 Å². The largest absolute Gasteiger partial charge is 0.481 e. The number of nitrogens with zero attached hydrogens (tertiary/aromatic N) is 7. The molecule has 0 radical (unpaired) electrons. The highest BCUT2D eigenvalue weighted by Gasteiger charge is 2.15. The smallest absolute Gasteiger partial charge is 0.216 e. The third kappa shape index (κ3) is 3.55. The number of ether oxygens (including phenoxy) is 1. The highest BCUT2D eigenvalue weighted by molar-refractivity contribution is 5.90. The van der Waals surface area contributed by atoms with Crippen molar-refractivity contribution in [1.82, 2.24) is 34.5 Å². The van der Waals surface area contributed by atoms with Crippen LogP contribution in [0, 0.1) is 5.41 Å². The summed E-state index contributed by atoms with van der Waals surface area (Å²) in [5, 5.41) is 22.8. The maximum Gasteiger partial charge on any atom is 0.216 e. The van der Waals surface area contributed by atoms with Gasteiger partial charge < -0.3 is 20.8 Å². The summed E-state index contributed by atoms with van der Waals surface area (Å²) in [5.41, 5.74) is 1.94. The molecule has 0 aliphatic carbocycles. The topological polar surface area (TPSA) is 131 Å². The first-order chi connectivity index (χ1) is 14.6. The number of methoxy groups -OCH3 is 1. The second kappa shape index (κ2) is 7.99. The Bertz CT molecular complexity index is 1190. The lowest BCUT2D eigenvalue weighted by atomic mass is 10.2. The van der Waals surface area contributed by atoms with Crippen LogP contribution in [-0.4, -0.2) is 54.9 Å². The van der Waals surface area contributed by atoms with Gasteiger partial charge in [0.15, 0.2) is 5.82 Å². The van der Waals surface area contributed by atoms with Crippen molar-refractivity contribution >= 4 is 23.7 Å². The Morgan fingerprint density at radius 1 is 1.23 bits per heavy atom. The number of pyridine rings is 1. The van der Waals surface area contributed by atoms with Crippen LogP contribution in [0.5, 0.6) is 5.88 Å². The molecule has 0 fully saturated rings. The molecule has 154 valence electrons. The normalized spacial score (nSPS) is 10.6. The van der Waals surface area contributed by atoms with E-state index < -0.39 is 0 Å². The summed E-state index contributed by atoms with van der Waals surface area (Å²) in [7, 11) is 5.12. The van der Waals surface area contributed by atoms with Gasteiger partial charge in [-0.05, 0) is 6.07 Å². The molecule has 0 amide bonds. The van der Waals surface area contributed by atoms with Gasteiger partial charge in [-0.25, -0.2) is 14.6 Å². The van der Waals surface area contributed by atoms with Gasteiger partial charge in [-0.15, -0.1) is 0 Å². The van der Waals surface area contributed by atoms with E-state index >= 15 is 0 Å². The number of aromatic nitrogens is 7. The molecule has 0 spiro atoms. The van der Waals surface area contributed by atoms with Crippen molar-refractivity contribution in [1.29, 1.82) is 5.41 Å². The van der Waals surface area contributed by atoms with Gasteiger partial charge in [0.1, 0.15) is 23.1 Å². The predicted molar refractivity (Wildman–Crippen MR) is 115 cm³/mol. The van der Waals surface area contributed by atoms with Gasteiger partial charge in [0.2, 0.25) is 5.88 Å². The summed E-state index contributed by atoms with van der Waals surface area (Å²) in [6.45, 7) is 0. The van der Waals surface area contributed by atoms with E-state index in [0.29, 0.717) is 40.4 Å². The van der Waals surface area contributed by atoms with Crippen molar-refractivity contribution in [3.05, 3.63) is 48.4 Å².